The summed E-state index contributed by atoms with van der Waals surface area (Å²) in [7, 11) is 1.59. The molecule has 4 heteroatoms. The van der Waals surface area contributed by atoms with Crippen molar-refractivity contribution in [1.29, 1.82) is 0 Å². The van der Waals surface area contributed by atoms with Gasteiger partial charge in [-0.05, 0) is 40.0 Å². The van der Waals surface area contributed by atoms with E-state index in [1.165, 1.54) is 0 Å². The number of benzene rings is 2. The molecule has 2 rings (SSSR count). The molecule has 2 nitrogen and oxygen atoms in total. The average Bonchev–Trinajstić information content (AvgIpc) is 2.48. The number of hydrogen-bond acceptors (Lipinski definition) is 2. The van der Waals surface area contributed by atoms with Crippen molar-refractivity contribution < 1.29 is 9.84 Å². The van der Waals surface area contributed by atoms with E-state index in [-0.39, 0.29) is 5.92 Å². The molecule has 0 amide bonds. The van der Waals surface area contributed by atoms with Crippen LogP contribution in [0.1, 0.15) is 36.5 Å². The maximum atomic E-state index is 10.8. The van der Waals surface area contributed by atoms with E-state index in [4.69, 9.17) is 16.3 Å². The molecule has 112 valence electrons. The first-order chi connectivity index (χ1) is 10.1. The smallest absolute Gasteiger partial charge is 0.138 e. The fraction of sp³-hybridized carbons (Fsp3) is 0.294. The first kappa shape index (κ1) is 16.3. The van der Waals surface area contributed by atoms with E-state index in [0.29, 0.717) is 16.3 Å². The molecule has 0 radical (unpaired) electrons. The van der Waals surface area contributed by atoms with E-state index >= 15 is 0 Å². The van der Waals surface area contributed by atoms with E-state index in [2.05, 4.69) is 22.9 Å². The average molecular weight is 370 g/mol. The number of hydrogen-bond donors (Lipinski definition) is 1. The number of halogens is 2. The van der Waals surface area contributed by atoms with Gasteiger partial charge in [-0.15, -0.1) is 0 Å². The molecule has 1 N–H and O–H groups in total. The van der Waals surface area contributed by atoms with Gasteiger partial charge in [-0.25, -0.2) is 0 Å². The molecule has 0 fully saturated rings. The summed E-state index contributed by atoms with van der Waals surface area (Å²) in [6.45, 7) is 2.06. The summed E-state index contributed by atoms with van der Waals surface area (Å²) in [5.41, 5.74) is 1.80. The lowest BCUT2D eigenvalue weighted by Crippen LogP contribution is -2.11. The Labute approximate surface area is 138 Å². The molecule has 2 atom stereocenters. The van der Waals surface area contributed by atoms with Gasteiger partial charge in [-0.2, -0.15) is 0 Å². The van der Waals surface area contributed by atoms with Crippen molar-refractivity contribution in [3.05, 3.63) is 63.1 Å². The van der Waals surface area contributed by atoms with Gasteiger partial charge < -0.3 is 9.84 Å². The number of ether oxygens (including phenoxy) is 1. The van der Waals surface area contributed by atoms with Crippen LogP contribution in [-0.4, -0.2) is 12.2 Å². The summed E-state index contributed by atoms with van der Waals surface area (Å²) >= 11 is 9.55. The van der Waals surface area contributed by atoms with Crippen LogP contribution >= 0.6 is 27.5 Å². The SMILES string of the molecule is CCC(c1ccccc1)C(O)c1cc(Cl)cc(Br)c1OC. The third-order valence-corrected chi connectivity index (χ3v) is 4.42. The molecule has 0 aliphatic heterocycles. The first-order valence-corrected chi connectivity index (χ1v) is 8.01. The summed E-state index contributed by atoms with van der Waals surface area (Å²) in [4.78, 5) is 0. The monoisotopic (exact) mass is 368 g/mol. The van der Waals surface area contributed by atoms with Crippen LogP contribution in [0.5, 0.6) is 5.75 Å². The van der Waals surface area contributed by atoms with Crippen molar-refractivity contribution >= 4 is 27.5 Å². The summed E-state index contributed by atoms with van der Waals surface area (Å²) in [5, 5.41) is 11.4. The number of rotatable bonds is 5. The molecule has 0 saturated carbocycles. The second-order valence-corrected chi connectivity index (χ2v) is 6.17. The molecular formula is C17H18BrClO2. The second-order valence-electron chi connectivity index (χ2n) is 4.88. The van der Waals surface area contributed by atoms with Gasteiger partial charge in [0, 0.05) is 16.5 Å². The lowest BCUT2D eigenvalue weighted by atomic mass is 9.87. The van der Waals surface area contributed by atoms with Gasteiger partial charge in [0.25, 0.3) is 0 Å². The van der Waals surface area contributed by atoms with Crippen molar-refractivity contribution in [3.8, 4) is 5.75 Å². The highest BCUT2D eigenvalue weighted by atomic mass is 79.9. The Hall–Kier alpha value is -1.03. The van der Waals surface area contributed by atoms with Gasteiger partial charge in [0.1, 0.15) is 5.75 Å². The highest BCUT2D eigenvalue weighted by Gasteiger charge is 2.25. The maximum Gasteiger partial charge on any atom is 0.138 e. The zero-order valence-corrected chi connectivity index (χ0v) is 14.4. The van der Waals surface area contributed by atoms with Gasteiger partial charge >= 0.3 is 0 Å². The Morgan fingerprint density at radius 1 is 1.24 bits per heavy atom. The minimum atomic E-state index is -0.678. The van der Waals surface area contributed by atoms with Crippen molar-refractivity contribution in [1.82, 2.24) is 0 Å². The third-order valence-electron chi connectivity index (χ3n) is 3.61. The van der Waals surface area contributed by atoms with Gasteiger partial charge in [0.15, 0.2) is 0 Å². The Bertz CT molecular complexity index is 601. The quantitative estimate of drug-likeness (QED) is 0.771. The predicted octanol–water partition coefficient (Wildman–Crippen LogP) is 5.34. The Balaban J connectivity index is 2.45. The molecule has 0 aromatic heterocycles. The molecule has 0 heterocycles. The molecule has 0 saturated heterocycles. The van der Waals surface area contributed by atoms with Crippen LogP contribution in [0, 0.1) is 0 Å². The standard InChI is InChI=1S/C17H18BrClO2/c1-3-13(11-7-5-4-6-8-11)16(20)14-9-12(19)10-15(18)17(14)21-2/h4-10,13,16,20H,3H2,1-2H3. The zero-order valence-electron chi connectivity index (χ0n) is 12.0. The van der Waals surface area contributed by atoms with Crippen molar-refractivity contribution in [2.45, 2.75) is 25.4 Å². The molecule has 21 heavy (non-hydrogen) atoms. The summed E-state index contributed by atoms with van der Waals surface area (Å²) < 4.78 is 6.16. The van der Waals surface area contributed by atoms with Gasteiger partial charge in [0.05, 0.1) is 17.7 Å². The van der Waals surface area contributed by atoms with E-state index in [9.17, 15) is 5.11 Å². The molecular weight excluding hydrogens is 352 g/mol. The fourth-order valence-electron chi connectivity index (χ4n) is 2.57. The molecule has 0 bridgehead atoms. The predicted molar refractivity (Wildman–Crippen MR) is 90.1 cm³/mol. The van der Waals surface area contributed by atoms with Crippen molar-refractivity contribution in [2.24, 2.45) is 0 Å². The maximum absolute atomic E-state index is 10.8. The van der Waals surface area contributed by atoms with E-state index in [1.54, 1.807) is 19.2 Å². The fourth-order valence-corrected chi connectivity index (χ4v) is 3.57. The lowest BCUT2D eigenvalue weighted by molar-refractivity contribution is 0.139. The van der Waals surface area contributed by atoms with E-state index in [0.717, 1.165) is 16.5 Å². The van der Waals surface area contributed by atoms with Crippen LogP contribution in [0.2, 0.25) is 5.02 Å². The highest BCUT2D eigenvalue weighted by Crippen LogP contribution is 2.42. The van der Waals surface area contributed by atoms with Crippen molar-refractivity contribution in [3.63, 3.8) is 0 Å². The zero-order chi connectivity index (χ0) is 15.4. The van der Waals surface area contributed by atoms with Crippen LogP contribution in [-0.2, 0) is 0 Å². The lowest BCUT2D eigenvalue weighted by Gasteiger charge is -2.24. The van der Waals surface area contributed by atoms with Crippen LogP contribution in [0.15, 0.2) is 46.9 Å². The Kier molecular flexibility index (Phi) is 5.68. The van der Waals surface area contributed by atoms with E-state index < -0.39 is 6.10 Å². The summed E-state index contributed by atoms with van der Waals surface area (Å²) in [6, 6.07) is 13.5. The molecule has 2 unspecified atom stereocenters. The number of aliphatic hydroxyl groups is 1. The van der Waals surface area contributed by atoms with Crippen LogP contribution < -0.4 is 4.74 Å². The topological polar surface area (TPSA) is 29.5 Å². The van der Waals surface area contributed by atoms with Crippen LogP contribution in [0.4, 0.5) is 0 Å². The second kappa shape index (κ2) is 7.30. The number of aliphatic hydroxyl groups excluding tert-OH is 1. The van der Waals surface area contributed by atoms with Crippen LogP contribution in [0.3, 0.4) is 0 Å². The summed E-state index contributed by atoms with van der Waals surface area (Å²) in [5.74, 6) is 0.617. The van der Waals surface area contributed by atoms with Crippen molar-refractivity contribution in [2.75, 3.05) is 7.11 Å². The largest absolute Gasteiger partial charge is 0.495 e. The van der Waals surface area contributed by atoms with E-state index in [1.807, 2.05) is 30.3 Å². The Morgan fingerprint density at radius 2 is 1.90 bits per heavy atom. The van der Waals surface area contributed by atoms with Gasteiger partial charge in [-0.1, -0.05) is 48.9 Å². The molecule has 2 aromatic carbocycles. The Morgan fingerprint density at radius 3 is 2.48 bits per heavy atom. The molecule has 0 aliphatic rings. The minimum absolute atomic E-state index is 0.00883. The summed E-state index contributed by atoms with van der Waals surface area (Å²) in [6.07, 6.45) is 0.140. The number of methoxy groups -OCH3 is 1. The minimum Gasteiger partial charge on any atom is -0.495 e. The molecule has 2 aromatic rings. The normalized spacial score (nSPS) is 13.8. The van der Waals surface area contributed by atoms with Gasteiger partial charge in [0.2, 0.25) is 0 Å². The van der Waals surface area contributed by atoms with Gasteiger partial charge in [-0.3, -0.25) is 0 Å². The van der Waals surface area contributed by atoms with Crippen LogP contribution in [0.25, 0.3) is 0 Å². The molecule has 0 aliphatic carbocycles. The third kappa shape index (κ3) is 3.60. The highest BCUT2D eigenvalue weighted by molar-refractivity contribution is 9.10. The molecule has 0 spiro atoms. The first-order valence-electron chi connectivity index (χ1n) is 6.84.